The third-order valence-corrected chi connectivity index (χ3v) is 5.90. The fourth-order valence-corrected chi connectivity index (χ4v) is 3.85. The number of benzene rings is 2. The van der Waals surface area contributed by atoms with E-state index in [0.29, 0.717) is 17.9 Å². The van der Waals surface area contributed by atoms with E-state index in [1.165, 1.54) is 108 Å². The number of esters is 1. The molecule has 4 nitrogen and oxygen atoms in total. The van der Waals surface area contributed by atoms with Crippen LogP contribution in [0.15, 0.2) is 48.5 Å². The van der Waals surface area contributed by atoms with E-state index in [2.05, 4.69) is 6.92 Å². The third-order valence-electron chi connectivity index (χ3n) is 5.90. The second kappa shape index (κ2) is 17.0. The molecule has 0 saturated carbocycles. The van der Waals surface area contributed by atoms with Gasteiger partial charge in [0.15, 0.2) is 0 Å². The Labute approximate surface area is 200 Å². The summed E-state index contributed by atoms with van der Waals surface area (Å²) in [5.74, 6) is 0.920. The summed E-state index contributed by atoms with van der Waals surface area (Å²) >= 11 is 0. The van der Waals surface area contributed by atoms with Crippen LogP contribution in [0.3, 0.4) is 0 Å². The maximum atomic E-state index is 12.1. The summed E-state index contributed by atoms with van der Waals surface area (Å²) in [6.45, 7) is 2.99. The van der Waals surface area contributed by atoms with Crippen molar-refractivity contribution in [2.45, 2.75) is 96.8 Å². The fourth-order valence-electron chi connectivity index (χ4n) is 3.85. The smallest absolute Gasteiger partial charge is 0.343 e. The van der Waals surface area contributed by atoms with Gasteiger partial charge in [-0.25, -0.2) is 4.79 Å². The Kier molecular flexibility index (Phi) is 13.8. The normalized spacial score (nSPS) is 10.8. The number of hydrogen-bond donors (Lipinski definition) is 1. The summed E-state index contributed by atoms with van der Waals surface area (Å²) in [5.41, 5.74) is 0.394. The van der Waals surface area contributed by atoms with Gasteiger partial charge < -0.3 is 14.6 Å². The molecule has 0 bridgehead atoms. The van der Waals surface area contributed by atoms with Crippen LogP contribution < -0.4 is 9.47 Å². The second-order valence-corrected chi connectivity index (χ2v) is 8.85. The van der Waals surface area contributed by atoms with Gasteiger partial charge in [0.25, 0.3) is 0 Å². The molecule has 0 atom stereocenters. The van der Waals surface area contributed by atoms with Crippen molar-refractivity contribution in [3.63, 3.8) is 0 Å². The predicted octanol–water partition coefficient (Wildman–Crippen LogP) is 8.47. The molecular formula is C29H42O4. The summed E-state index contributed by atoms with van der Waals surface area (Å²) < 4.78 is 11.2. The highest BCUT2D eigenvalue weighted by molar-refractivity contribution is 5.91. The zero-order chi connectivity index (χ0) is 23.6. The number of aromatic hydroxyl groups is 1. The first-order valence-electron chi connectivity index (χ1n) is 12.9. The molecule has 1 N–H and O–H groups in total. The number of rotatable bonds is 18. The molecule has 2 aromatic carbocycles. The molecule has 0 aliphatic rings. The summed E-state index contributed by atoms with van der Waals surface area (Å²) in [7, 11) is 0. The fraction of sp³-hybridized carbons (Fsp3) is 0.552. The molecular weight excluding hydrogens is 412 g/mol. The number of carbonyl (C=O) groups excluding carboxylic acids is 1. The van der Waals surface area contributed by atoms with Crippen LogP contribution in [-0.2, 0) is 0 Å². The number of carbonyl (C=O) groups is 1. The number of phenolic OH excluding ortho intramolecular Hbond substituents is 1. The van der Waals surface area contributed by atoms with Gasteiger partial charge in [-0.05, 0) is 55.0 Å². The first-order chi connectivity index (χ1) is 16.2. The zero-order valence-electron chi connectivity index (χ0n) is 20.4. The van der Waals surface area contributed by atoms with Crippen molar-refractivity contribution in [2.75, 3.05) is 6.61 Å². The Morgan fingerprint density at radius 2 is 1.09 bits per heavy atom. The quantitative estimate of drug-likeness (QED) is 0.139. The lowest BCUT2D eigenvalue weighted by atomic mass is 10.0. The Balaban J connectivity index is 1.44. The third kappa shape index (κ3) is 12.4. The van der Waals surface area contributed by atoms with Crippen LogP contribution in [-0.4, -0.2) is 17.7 Å². The second-order valence-electron chi connectivity index (χ2n) is 8.85. The van der Waals surface area contributed by atoms with Gasteiger partial charge in [0.05, 0.1) is 12.2 Å². The number of hydrogen-bond acceptors (Lipinski definition) is 4. The molecule has 182 valence electrons. The van der Waals surface area contributed by atoms with Crippen LogP contribution >= 0.6 is 0 Å². The molecule has 0 spiro atoms. The first kappa shape index (κ1) is 26.8. The van der Waals surface area contributed by atoms with Gasteiger partial charge in [-0.15, -0.1) is 0 Å². The van der Waals surface area contributed by atoms with Gasteiger partial charge in [-0.1, -0.05) is 90.4 Å². The van der Waals surface area contributed by atoms with Gasteiger partial charge in [0, 0.05) is 0 Å². The Hall–Kier alpha value is -2.49. The lowest BCUT2D eigenvalue weighted by Crippen LogP contribution is -2.08. The Morgan fingerprint density at radius 3 is 1.61 bits per heavy atom. The van der Waals surface area contributed by atoms with Crippen LogP contribution in [0.2, 0.25) is 0 Å². The van der Waals surface area contributed by atoms with Crippen molar-refractivity contribution in [1.29, 1.82) is 0 Å². The maximum Gasteiger partial charge on any atom is 0.343 e. The molecule has 0 amide bonds. The van der Waals surface area contributed by atoms with Gasteiger partial charge in [-0.2, -0.15) is 0 Å². The molecule has 0 fully saturated rings. The van der Waals surface area contributed by atoms with Crippen molar-refractivity contribution in [3.05, 3.63) is 54.1 Å². The summed E-state index contributed by atoms with van der Waals surface area (Å²) in [6.07, 6.45) is 18.9. The van der Waals surface area contributed by atoms with Crippen LogP contribution in [0.5, 0.6) is 17.2 Å². The average Bonchev–Trinajstić information content (AvgIpc) is 2.83. The minimum atomic E-state index is -0.453. The molecule has 2 aromatic rings. The van der Waals surface area contributed by atoms with Crippen molar-refractivity contribution < 1.29 is 19.4 Å². The van der Waals surface area contributed by atoms with E-state index in [1.54, 1.807) is 12.1 Å². The maximum absolute atomic E-state index is 12.1. The summed E-state index contributed by atoms with van der Waals surface area (Å²) in [5, 5.41) is 9.30. The van der Waals surface area contributed by atoms with Crippen LogP contribution in [0.1, 0.15) is 107 Å². The standard InChI is InChI=1S/C29H42O4/c1-2-3-4-5-6-7-8-9-10-11-12-13-14-15-24-32-27-20-22-28(23-21-27)33-29(31)25-16-18-26(30)19-17-25/h16-23,30H,2-15,24H2,1H3. The molecule has 0 heterocycles. The van der Waals surface area contributed by atoms with Crippen molar-refractivity contribution in [1.82, 2.24) is 0 Å². The van der Waals surface area contributed by atoms with Gasteiger partial charge >= 0.3 is 5.97 Å². The van der Waals surface area contributed by atoms with Gasteiger partial charge in [0.1, 0.15) is 17.2 Å². The highest BCUT2D eigenvalue weighted by Crippen LogP contribution is 2.20. The molecule has 33 heavy (non-hydrogen) atoms. The first-order valence-corrected chi connectivity index (χ1v) is 12.9. The highest BCUT2D eigenvalue weighted by atomic mass is 16.5. The largest absolute Gasteiger partial charge is 0.508 e. The lowest BCUT2D eigenvalue weighted by molar-refractivity contribution is 0.0734. The van der Waals surface area contributed by atoms with Crippen LogP contribution in [0.25, 0.3) is 0 Å². The molecule has 0 aliphatic carbocycles. The predicted molar refractivity (Wildman–Crippen MR) is 135 cm³/mol. The monoisotopic (exact) mass is 454 g/mol. The number of ether oxygens (including phenoxy) is 2. The van der Waals surface area contributed by atoms with E-state index < -0.39 is 5.97 Å². The minimum Gasteiger partial charge on any atom is -0.508 e. The molecule has 0 unspecified atom stereocenters. The lowest BCUT2D eigenvalue weighted by Gasteiger charge is -2.08. The van der Waals surface area contributed by atoms with Crippen LogP contribution in [0.4, 0.5) is 0 Å². The Morgan fingerprint density at radius 1 is 0.636 bits per heavy atom. The Bertz CT molecular complexity index is 752. The molecule has 0 aromatic heterocycles. The van der Waals surface area contributed by atoms with Crippen molar-refractivity contribution in [3.8, 4) is 17.2 Å². The zero-order valence-corrected chi connectivity index (χ0v) is 20.4. The minimum absolute atomic E-state index is 0.117. The van der Waals surface area contributed by atoms with E-state index in [-0.39, 0.29) is 5.75 Å². The van der Waals surface area contributed by atoms with Crippen molar-refractivity contribution >= 4 is 5.97 Å². The molecule has 4 heteroatoms. The number of unbranched alkanes of at least 4 members (excludes halogenated alkanes) is 13. The van der Waals surface area contributed by atoms with E-state index in [1.807, 2.05) is 12.1 Å². The van der Waals surface area contributed by atoms with E-state index in [9.17, 15) is 9.90 Å². The van der Waals surface area contributed by atoms with E-state index in [4.69, 9.17) is 9.47 Å². The highest BCUT2D eigenvalue weighted by Gasteiger charge is 2.08. The summed E-state index contributed by atoms with van der Waals surface area (Å²) in [4.78, 5) is 12.1. The van der Waals surface area contributed by atoms with Gasteiger partial charge in [0.2, 0.25) is 0 Å². The van der Waals surface area contributed by atoms with Gasteiger partial charge in [-0.3, -0.25) is 0 Å². The average molecular weight is 455 g/mol. The SMILES string of the molecule is CCCCCCCCCCCCCCCCOc1ccc(OC(=O)c2ccc(O)cc2)cc1. The molecule has 2 rings (SSSR count). The topological polar surface area (TPSA) is 55.8 Å². The van der Waals surface area contributed by atoms with E-state index in [0.717, 1.165) is 12.2 Å². The molecule has 0 saturated heterocycles. The molecule has 0 radical (unpaired) electrons. The molecule has 0 aliphatic heterocycles. The number of phenols is 1. The summed E-state index contributed by atoms with van der Waals surface area (Å²) in [6, 6.07) is 13.1. The van der Waals surface area contributed by atoms with Crippen molar-refractivity contribution in [2.24, 2.45) is 0 Å². The van der Waals surface area contributed by atoms with Crippen LogP contribution in [0, 0.1) is 0 Å². The van der Waals surface area contributed by atoms with E-state index >= 15 is 0 Å².